The van der Waals surface area contributed by atoms with Crippen molar-refractivity contribution in [1.29, 1.82) is 0 Å². The van der Waals surface area contributed by atoms with Crippen LogP contribution < -0.4 is 10.6 Å². The number of aromatic nitrogens is 2. The third-order valence-corrected chi connectivity index (χ3v) is 5.04. The maximum absolute atomic E-state index is 14.2. The van der Waals surface area contributed by atoms with Crippen molar-refractivity contribution in [3.63, 3.8) is 0 Å². The molecule has 0 aliphatic carbocycles. The second-order valence-corrected chi connectivity index (χ2v) is 6.87. The number of anilines is 1. The summed E-state index contributed by atoms with van der Waals surface area (Å²) in [6.45, 7) is 1.62. The van der Waals surface area contributed by atoms with Crippen molar-refractivity contribution in [1.82, 2.24) is 15.5 Å². The van der Waals surface area contributed by atoms with E-state index in [0.29, 0.717) is 28.5 Å². The second-order valence-electron chi connectivity index (χ2n) is 6.46. The van der Waals surface area contributed by atoms with Gasteiger partial charge in [-0.2, -0.15) is 5.10 Å². The van der Waals surface area contributed by atoms with Crippen LogP contribution in [0.1, 0.15) is 12.8 Å². The zero-order chi connectivity index (χ0) is 18.1. The summed E-state index contributed by atoms with van der Waals surface area (Å²) in [7, 11) is 0. The predicted octanol–water partition coefficient (Wildman–Crippen LogP) is 3.96. The molecule has 1 amide bonds. The van der Waals surface area contributed by atoms with Gasteiger partial charge in [0.15, 0.2) is 5.82 Å². The third-order valence-electron chi connectivity index (χ3n) is 4.72. The highest BCUT2D eigenvalue weighted by atomic mass is 35.5. The van der Waals surface area contributed by atoms with E-state index in [-0.39, 0.29) is 17.6 Å². The Bertz CT molecular complexity index is 945. The number of carbonyl (C=O) groups excluding carboxylic acids is 1. The Labute approximate surface area is 154 Å². The number of rotatable bonds is 3. The van der Waals surface area contributed by atoms with Crippen LogP contribution in [0.15, 0.2) is 36.4 Å². The van der Waals surface area contributed by atoms with E-state index in [0.717, 1.165) is 30.3 Å². The number of halogens is 2. The second kappa shape index (κ2) is 7.05. The topological polar surface area (TPSA) is 69.8 Å². The Hall–Kier alpha value is -2.44. The fraction of sp³-hybridized carbons (Fsp3) is 0.263. The average molecular weight is 373 g/mol. The number of piperidine rings is 1. The number of aromatic amines is 1. The predicted molar refractivity (Wildman–Crippen MR) is 101 cm³/mol. The van der Waals surface area contributed by atoms with E-state index in [1.807, 2.05) is 0 Å². The molecule has 7 heteroatoms. The third kappa shape index (κ3) is 3.18. The van der Waals surface area contributed by atoms with Crippen molar-refractivity contribution in [2.24, 2.45) is 5.92 Å². The first-order valence-corrected chi connectivity index (χ1v) is 8.95. The first-order chi connectivity index (χ1) is 12.6. The number of H-pyrrole nitrogens is 1. The summed E-state index contributed by atoms with van der Waals surface area (Å²) in [5.74, 6) is -0.0660. The van der Waals surface area contributed by atoms with Crippen LogP contribution in [0.5, 0.6) is 0 Å². The highest BCUT2D eigenvalue weighted by molar-refractivity contribution is 6.33. The quantitative estimate of drug-likeness (QED) is 0.651. The largest absolute Gasteiger partial charge is 0.316 e. The van der Waals surface area contributed by atoms with Crippen LogP contribution in [-0.4, -0.2) is 29.2 Å². The number of amides is 1. The summed E-state index contributed by atoms with van der Waals surface area (Å²) in [6.07, 6.45) is 1.84. The van der Waals surface area contributed by atoms with Crippen LogP contribution in [0, 0.1) is 11.7 Å². The molecule has 5 nitrogen and oxygen atoms in total. The molecule has 134 valence electrons. The lowest BCUT2D eigenvalue weighted by Gasteiger charge is -2.21. The van der Waals surface area contributed by atoms with Crippen LogP contribution in [0.2, 0.25) is 5.02 Å². The molecule has 2 heterocycles. The van der Waals surface area contributed by atoms with Gasteiger partial charge in [0, 0.05) is 17.5 Å². The lowest BCUT2D eigenvalue weighted by molar-refractivity contribution is -0.120. The molecular weight excluding hydrogens is 355 g/mol. The number of nitrogens with one attached hydrogen (secondary N) is 3. The number of benzene rings is 2. The van der Waals surface area contributed by atoms with E-state index in [4.69, 9.17) is 11.6 Å². The summed E-state index contributed by atoms with van der Waals surface area (Å²) < 4.78 is 14.2. The zero-order valence-corrected chi connectivity index (χ0v) is 14.7. The molecule has 1 fully saturated rings. The minimum absolute atomic E-state index is 0.0556. The molecular formula is C19H18ClFN4O. The van der Waals surface area contributed by atoms with Gasteiger partial charge in [-0.25, -0.2) is 4.39 Å². The standard InChI is InChI=1S/C19H18ClFN4O/c20-14-4-1-5-15(21)17(14)11-6-7-16-13(9-11)18(25-24-16)23-19(26)12-3-2-8-22-10-12/h1,4-7,9,12,22H,2-3,8,10H2,(H2,23,24,25,26)/t12-/m0/s1. The highest BCUT2D eigenvalue weighted by Crippen LogP contribution is 2.33. The van der Waals surface area contributed by atoms with Gasteiger partial charge in [0.25, 0.3) is 0 Å². The minimum atomic E-state index is -0.390. The SMILES string of the molecule is O=C(Nc1n[nH]c2ccc(-c3c(F)cccc3Cl)cc12)[C@H]1CCCNC1. The van der Waals surface area contributed by atoms with Gasteiger partial charge in [-0.05, 0) is 49.2 Å². The number of hydrogen-bond donors (Lipinski definition) is 3. The van der Waals surface area contributed by atoms with Gasteiger partial charge in [0.1, 0.15) is 5.82 Å². The number of nitrogens with zero attached hydrogens (tertiary/aromatic N) is 1. The number of carbonyl (C=O) groups is 1. The van der Waals surface area contributed by atoms with Crippen molar-refractivity contribution in [3.8, 4) is 11.1 Å². The van der Waals surface area contributed by atoms with Crippen molar-refractivity contribution >= 4 is 34.2 Å². The molecule has 0 saturated carbocycles. The normalized spacial score (nSPS) is 17.4. The molecule has 0 radical (unpaired) electrons. The van der Waals surface area contributed by atoms with Crippen LogP contribution in [-0.2, 0) is 4.79 Å². The number of hydrogen-bond acceptors (Lipinski definition) is 3. The zero-order valence-electron chi connectivity index (χ0n) is 14.0. The van der Waals surface area contributed by atoms with Crippen molar-refractivity contribution < 1.29 is 9.18 Å². The van der Waals surface area contributed by atoms with Gasteiger partial charge in [-0.15, -0.1) is 0 Å². The molecule has 0 bridgehead atoms. The summed E-state index contributed by atoms with van der Waals surface area (Å²) in [5, 5.41) is 14.3. The van der Waals surface area contributed by atoms with Gasteiger partial charge in [0.2, 0.25) is 5.91 Å². The van der Waals surface area contributed by atoms with E-state index < -0.39 is 0 Å². The smallest absolute Gasteiger partial charge is 0.229 e. The van der Waals surface area contributed by atoms with Crippen LogP contribution in [0.4, 0.5) is 10.2 Å². The van der Waals surface area contributed by atoms with Gasteiger partial charge >= 0.3 is 0 Å². The molecule has 2 aromatic carbocycles. The van der Waals surface area contributed by atoms with E-state index in [1.54, 1.807) is 30.3 Å². The summed E-state index contributed by atoms with van der Waals surface area (Å²) in [6, 6.07) is 9.97. The van der Waals surface area contributed by atoms with E-state index >= 15 is 0 Å². The Morgan fingerprint density at radius 2 is 2.19 bits per heavy atom. The fourth-order valence-electron chi connectivity index (χ4n) is 3.33. The molecule has 0 spiro atoms. The Kier molecular flexibility index (Phi) is 4.61. The van der Waals surface area contributed by atoms with Gasteiger partial charge < -0.3 is 10.6 Å². The van der Waals surface area contributed by atoms with E-state index in [9.17, 15) is 9.18 Å². The first-order valence-electron chi connectivity index (χ1n) is 8.57. The van der Waals surface area contributed by atoms with Gasteiger partial charge in [-0.1, -0.05) is 23.7 Å². The van der Waals surface area contributed by atoms with Crippen LogP contribution in [0.3, 0.4) is 0 Å². The molecule has 26 heavy (non-hydrogen) atoms. The fourth-order valence-corrected chi connectivity index (χ4v) is 3.60. The molecule has 1 saturated heterocycles. The lowest BCUT2D eigenvalue weighted by Crippen LogP contribution is -2.37. The van der Waals surface area contributed by atoms with Gasteiger partial charge in [0.05, 0.1) is 16.5 Å². The van der Waals surface area contributed by atoms with E-state index in [1.165, 1.54) is 6.07 Å². The van der Waals surface area contributed by atoms with Crippen molar-refractivity contribution in [2.75, 3.05) is 18.4 Å². The van der Waals surface area contributed by atoms with Crippen LogP contribution >= 0.6 is 11.6 Å². The Balaban J connectivity index is 1.68. The van der Waals surface area contributed by atoms with E-state index in [2.05, 4.69) is 20.8 Å². The first kappa shape index (κ1) is 17.0. The summed E-state index contributed by atoms with van der Waals surface area (Å²) in [5.41, 5.74) is 1.74. The molecule has 0 unspecified atom stereocenters. The maximum Gasteiger partial charge on any atom is 0.229 e. The lowest BCUT2D eigenvalue weighted by atomic mass is 9.99. The summed E-state index contributed by atoms with van der Waals surface area (Å²) >= 11 is 6.17. The highest BCUT2D eigenvalue weighted by Gasteiger charge is 2.22. The van der Waals surface area contributed by atoms with Crippen LogP contribution in [0.25, 0.3) is 22.0 Å². The molecule has 1 atom stereocenters. The molecule has 4 rings (SSSR count). The van der Waals surface area contributed by atoms with Gasteiger partial charge in [-0.3, -0.25) is 9.89 Å². The molecule has 1 aromatic heterocycles. The van der Waals surface area contributed by atoms with Crippen molar-refractivity contribution in [3.05, 3.63) is 47.2 Å². The Morgan fingerprint density at radius 1 is 1.31 bits per heavy atom. The minimum Gasteiger partial charge on any atom is -0.316 e. The van der Waals surface area contributed by atoms with Crippen molar-refractivity contribution in [2.45, 2.75) is 12.8 Å². The Morgan fingerprint density at radius 3 is 2.96 bits per heavy atom. The monoisotopic (exact) mass is 372 g/mol. The summed E-state index contributed by atoms with van der Waals surface area (Å²) in [4.78, 5) is 12.5. The molecule has 3 aromatic rings. The average Bonchev–Trinajstić information content (AvgIpc) is 3.04. The molecule has 1 aliphatic heterocycles. The molecule has 3 N–H and O–H groups in total. The maximum atomic E-state index is 14.2. The molecule has 1 aliphatic rings. The number of fused-ring (bicyclic) bond motifs is 1.